The van der Waals surface area contributed by atoms with Gasteiger partial charge in [-0.05, 0) is 33.6 Å². The quantitative estimate of drug-likeness (QED) is 0.861. The summed E-state index contributed by atoms with van der Waals surface area (Å²) in [6, 6.07) is -0.181. The largest absolute Gasteiger partial charge is 0.349 e. The lowest BCUT2D eigenvalue weighted by Gasteiger charge is -2.25. The molecule has 146 valence electrons. The highest BCUT2D eigenvalue weighted by Crippen LogP contribution is 2.20. The van der Waals surface area contributed by atoms with Crippen LogP contribution in [0.1, 0.15) is 67.7 Å². The van der Waals surface area contributed by atoms with Crippen molar-refractivity contribution in [1.82, 2.24) is 25.6 Å². The van der Waals surface area contributed by atoms with Gasteiger partial charge in [-0.15, -0.1) is 0 Å². The van der Waals surface area contributed by atoms with Gasteiger partial charge in [0.1, 0.15) is 11.4 Å². The molecule has 1 unspecified atom stereocenters. The SMILES string of the molecule is Cc1nc(N2CCCCCCC2)ncc1C(C)NC(=O)Cc1nonc1C. The van der Waals surface area contributed by atoms with E-state index in [1.54, 1.807) is 6.92 Å². The molecule has 1 aliphatic rings. The number of amides is 1. The number of nitrogens with zero attached hydrogens (tertiary/aromatic N) is 5. The summed E-state index contributed by atoms with van der Waals surface area (Å²) in [6.07, 6.45) is 8.23. The van der Waals surface area contributed by atoms with Gasteiger partial charge >= 0.3 is 0 Å². The van der Waals surface area contributed by atoms with E-state index in [-0.39, 0.29) is 18.4 Å². The van der Waals surface area contributed by atoms with E-state index in [0.29, 0.717) is 11.4 Å². The zero-order valence-electron chi connectivity index (χ0n) is 16.4. The highest BCUT2D eigenvalue weighted by atomic mass is 16.6. The molecule has 1 N–H and O–H groups in total. The van der Waals surface area contributed by atoms with E-state index in [0.717, 1.165) is 30.3 Å². The molecule has 2 aromatic heterocycles. The standard InChI is InChI=1S/C19H28N6O2/c1-13(21-18(26)11-17-15(3)23-27-24-17)16-12-20-19(22-14(16)2)25-9-7-5-4-6-8-10-25/h12-13H,4-11H2,1-3H3,(H,21,26). The second-order valence-corrected chi connectivity index (χ2v) is 7.23. The van der Waals surface area contributed by atoms with Crippen molar-refractivity contribution in [1.29, 1.82) is 0 Å². The zero-order chi connectivity index (χ0) is 19.2. The number of hydrogen-bond donors (Lipinski definition) is 1. The second kappa shape index (κ2) is 8.92. The normalized spacial score (nSPS) is 16.5. The fourth-order valence-electron chi connectivity index (χ4n) is 3.42. The first-order valence-electron chi connectivity index (χ1n) is 9.70. The van der Waals surface area contributed by atoms with E-state index in [4.69, 9.17) is 4.98 Å². The smallest absolute Gasteiger partial charge is 0.226 e. The Hall–Kier alpha value is -2.51. The van der Waals surface area contributed by atoms with Gasteiger partial charge in [-0.3, -0.25) is 4.79 Å². The summed E-state index contributed by atoms with van der Waals surface area (Å²) in [5.41, 5.74) is 3.01. The highest BCUT2D eigenvalue weighted by Gasteiger charge is 2.18. The lowest BCUT2D eigenvalue weighted by Crippen LogP contribution is -2.31. The van der Waals surface area contributed by atoms with E-state index in [1.165, 1.54) is 32.1 Å². The first-order valence-corrected chi connectivity index (χ1v) is 9.70. The maximum Gasteiger partial charge on any atom is 0.226 e. The molecule has 8 nitrogen and oxygen atoms in total. The number of anilines is 1. The molecule has 0 saturated carbocycles. The van der Waals surface area contributed by atoms with Crippen LogP contribution >= 0.6 is 0 Å². The Morgan fingerprint density at radius 3 is 2.48 bits per heavy atom. The predicted octanol–water partition coefficient (Wildman–Crippen LogP) is 2.67. The van der Waals surface area contributed by atoms with E-state index in [2.05, 4.69) is 30.1 Å². The van der Waals surface area contributed by atoms with Gasteiger partial charge < -0.3 is 10.2 Å². The molecule has 0 aliphatic carbocycles. The van der Waals surface area contributed by atoms with Crippen LogP contribution < -0.4 is 10.2 Å². The summed E-state index contributed by atoms with van der Waals surface area (Å²) >= 11 is 0. The van der Waals surface area contributed by atoms with Crippen molar-refractivity contribution in [3.63, 3.8) is 0 Å². The molecular formula is C19H28N6O2. The van der Waals surface area contributed by atoms with Crippen LogP contribution in [0.15, 0.2) is 10.8 Å². The van der Waals surface area contributed by atoms with Crippen molar-refractivity contribution in [2.45, 2.75) is 65.3 Å². The van der Waals surface area contributed by atoms with Crippen LogP contribution in [-0.4, -0.2) is 39.3 Å². The van der Waals surface area contributed by atoms with Gasteiger partial charge in [0.05, 0.1) is 12.5 Å². The number of nitrogens with one attached hydrogen (secondary N) is 1. The van der Waals surface area contributed by atoms with Crippen molar-refractivity contribution >= 4 is 11.9 Å². The van der Waals surface area contributed by atoms with E-state index >= 15 is 0 Å². The van der Waals surface area contributed by atoms with Crippen molar-refractivity contribution in [3.8, 4) is 0 Å². The summed E-state index contributed by atoms with van der Waals surface area (Å²) in [7, 11) is 0. The van der Waals surface area contributed by atoms with Crippen LogP contribution in [0.2, 0.25) is 0 Å². The first-order chi connectivity index (χ1) is 13.0. The Labute approximate surface area is 159 Å². The molecule has 0 aromatic carbocycles. The number of rotatable bonds is 5. The fraction of sp³-hybridized carbons (Fsp3) is 0.632. The first kappa shape index (κ1) is 19.3. The predicted molar refractivity (Wildman–Crippen MR) is 101 cm³/mol. The van der Waals surface area contributed by atoms with Gasteiger partial charge in [-0.2, -0.15) is 0 Å². The summed E-state index contributed by atoms with van der Waals surface area (Å²) < 4.78 is 4.64. The van der Waals surface area contributed by atoms with Gasteiger partial charge in [0.2, 0.25) is 11.9 Å². The van der Waals surface area contributed by atoms with Crippen molar-refractivity contribution in [2.75, 3.05) is 18.0 Å². The molecule has 1 fully saturated rings. The molecule has 0 spiro atoms. The number of carbonyl (C=O) groups is 1. The summed E-state index contributed by atoms with van der Waals surface area (Å²) in [5, 5.41) is 10.4. The minimum Gasteiger partial charge on any atom is -0.349 e. The lowest BCUT2D eigenvalue weighted by atomic mass is 10.1. The minimum atomic E-state index is -0.181. The molecule has 1 saturated heterocycles. The number of carbonyl (C=O) groups excluding carboxylic acids is 1. The average molecular weight is 372 g/mol. The van der Waals surface area contributed by atoms with Crippen molar-refractivity contribution in [2.24, 2.45) is 0 Å². The van der Waals surface area contributed by atoms with Crippen LogP contribution in [0.4, 0.5) is 5.95 Å². The summed E-state index contributed by atoms with van der Waals surface area (Å²) in [4.78, 5) is 23.8. The van der Waals surface area contributed by atoms with Gasteiger partial charge in [0.25, 0.3) is 0 Å². The Bertz CT molecular complexity index is 767. The molecule has 0 bridgehead atoms. The molecule has 0 radical (unpaired) electrons. The van der Waals surface area contributed by atoms with E-state index in [9.17, 15) is 4.79 Å². The third kappa shape index (κ3) is 5.02. The summed E-state index contributed by atoms with van der Waals surface area (Å²) in [5.74, 6) is 0.662. The number of aromatic nitrogens is 4. The minimum absolute atomic E-state index is 0.131. The Morgan fingerprint density at radius 2 is 1.85 bits per heavy atom. The molecule has 1 aliphatic heterocycles. The third-order valence-electron chi connectivity index (χ3n) is 5.06. The molecule has 2 aromatic rings. The van der Waals surface area contributed by atoms with Crippen LogP contribution in [-0.2, 0) is 11.2 Å². The van der Waals surface area contributed by atoms with Gasteiger partial charge in [0, 0.05) is 30.5 Å². The number of hydrogen-bond acceptors (Lipinski definition) is 7. The van der Waals surface area contributed by atoms with E-state index < -0.39 is 0 Å². The van der Waals surface area contributed by atoms with E-state index in [1.807, 2.05) is 20.0 Å². The Kier molecular flexibility index (Phi) is 6.36. The van der Waals surface area contributed by atoms with Crippen LogP contribution in [0.3, 0.4) is 0 Å². The fourth-order valence-corrected chi connectivity index (χ4v) is 3.42. The van der Waals surface area contributed by atoms with Crippen LogP contribution in [0.25, 0.3) is 0 Å². The monoisotopic (exact) mass is 372 g/mol. The highest BCUT2D eigenvalue weighted by molar-refractivity contribution is 5.78. The van der Waals surface area contributed by atoms with Gasteiger partial charge in [-0.1, -0.05) is 29.6 Å². The molecule has 1 atom stereocenters. The summed E-state index contributed by atoms with van der Waals surface area (Å²) in [6.45, 7) is 7.70. The Balaban J connectivity index is 1.63. The Morgan fingerprint density at radius 1 is 1.15 bits per heavy atom. The zero-order valence-corrected chi connectivity index (χ0v) is 16.4. The van der Waals surface area contributed by atoms with Crippen LogP contribution in [0, 0.1) is 13.8 Å². The second-order valence-electron chi connectivity index (χ2n) is 7.23. The molecule has 27 heavy (non-hydrogen) atoms. The molecule has 3 rings (SSSR count). The lowest BCUT2D eigenvalue weighted by molar-refractivity contribution is -0.121. The maximum absolute atomic E-state index is 12.3. The molecular weight excluding hydrogens is 344 g/mol. The molecule has 3 heterocycles. The maximum atomic E-state index is 12.3. The molecule has 8 heteroatoms. The topological polar surface area (TPSA) is 97.0 Å². The third-order valence-corrected chi connectivity index (χ3v) is 5.06. The number of aryl methyl sites for hydroxylation is 2. The van der Waals surface area contributed by atoms with Gasteiger partial charge in [0.15, 0.2) is 0 Å². The van der Waals surface area contributed by atoms with Gasteiger partial charge in [-0.25, -0.2) is 14.6 Å². The van der Waals surface area contributed by atoms with Crippen molar-refractivity contribution < 1.29 is 9.42 Å². The van der Waals surface area contributed by atoms with Crippen molar-refractivity contribution in [3.05, 3.63) is 28.8 Å². The average Bonchev–Trinajstić information content (AvgIpc) is 2.99. The molecule has 1 amide bonds. The van der Waals surface area contributed by atoms with Crippen LogP contribution in [0.5, 0.6) is 0 Å².